The van der Waals surface area contributed by atoms with Crippen LogP contribution in [0.1, 0.15) is 73.6 Å². The van der Waals surface area contributed by atoms with E-state index in [1.165, 1.54) is 19.3 Å². The van der Waals surface area contributed by atoms with Crippen LogP contribution < -0.4 is 0 Å². The molecule has 2 unspecified atom stereocenters. The van der Waals surface area contributed by atoms with Crippen LogP contribution in [0.4, 0.5) is 0 Å². The fourth-order valence-electron chi connectivity index (χ4n) is 3.14. The summed E-state index contributed by atoms with van der Waals surface area (Å²) >= 11 is 0. The highest BCUT2D eigenvalue weighted by Gasteiger charge is 2.40. The normalized spacial score (nSPS) is 31.6. The van der Waals surface area contributed by atoms with Crippen molar-refractivity contribution < 1.29 is 5.11 Å². The summed E-state index contributed by atoms with van der Waals surface area (Å²) in [5, 5.41) is 10.2. The quantitative estimate of drug-likeness (QED) is 0.759. The Kier molecular flexibility index (Phi) is 4.68. The van der Waals surface area contributed by atoms with Crippen molar-refractivity contribution >= 4 is 0 Å². The predicted molar refractivity (Wildman–Crippen MR) is 75.0 cm³/mol. The maximum absolute atomic E-state index is 10.2. The fraction of sp³-hybridized carbons (Fsp3) is 1.00. The largest absolute Gasteiger partial charge is 0.393 e. The fourth-order valence-corrected chi connectivity index (χ4v) is 3.14. The van der Waals surface area contributed by atoms with E-state index in [2.05, 4.69) is 41.5 Å². The van der Waals surface area contributed by atoms with E-state index < -0.39 is 0 Å². The van der Waals surface area contributed by atoms with Crippen LogP contribution in [0.15, 0.2) is 0 Å². The Morgan fingerprint density at radius 2 is 1.18 bits per heavy atom. The predicted octanol–water partition coefficient (Wildman–Crippen LogP) is 4.64. The molecule has 0 spiro atoms. The van der Waals surface area contributed by atoms with Crippen LogP contribution in [-0.4, -0.2) is 11.2 Å². The Hall–Kier alpha value is -0.0400. The number of aliphatic hydroxyl groups is 1. The van der Waals surface area contributed by atoms with E-state index >= 15 is 0 Å². The van der Waals surface area contributed by atoms with Crippen LogP contribution in [0.2, 0.25) is 0 Å². The van der Waals surface area contributed by atoms with Gasteiger partial charge in [-0.15, -0.1) is 0 Å². The topological polar surface area (TPSA) is 20.2 Å². The molecule has 1 aliphatic rings. The first-order chi connectivity index (χ1) is 7.73. The monoisotopic (exact) mass is 240 g/mol. The van der Waals surface area contributed by atoms with Gasteiger partial charge in [0, 0.05) is 0 Å². The molecule has 17 heavy (non-hydrogen) atoms. The van der Waals surface area contributed by atoms with Crippen molar-refractivity contribution in [2.45, 2.75) is 79.8 Å². The van der Waals surface area contributed by atoms with Crippen molar-refractivity contribution in [3.05, 3.63) is 0 Å². The second kappa shape index (κ2) is 5.30. The van der Waals surface area contributed by atoms with Gasteiger partial charge in [-0.25, -0.2) is 0 Å². The van der Waals surface area contributed by atoms with E-state index in [0.717, 1.165) is 12.8 Å². The molecular weight excluding hydrogens is 208 g/mol. The van der Waals surface area contributed by atoms with Gasteiger partial charge < -0.3 is 5.11 Å². The summed E-state index contributed by atoms with van der Waals surface area (Å²) in [6.45, 7) is 14.0. The minimum Gasteiger partial charge on any atom is -0.393 e. The SMILES string of the molecule is CCC(C)(C)C1CC(O)CC(C(C)(C)CC)C1. The van der Waals surface area contributed by atoms with E-state index in [9.17, 15) is 5.11 Å². The lowest BCUT2D eigenvalue weighted by Crippen LogP contribution is -2.39. The Labute approximate surface area is 108 Å². The molecule has 0 aromatic rings. The number of hydrogen-bond acceptors (Lipinski definition) is 1. The number of rotatable bonds is 4. The zero-order valence-electron chi connectivity index (χ0n) is 12.7. The van der Waals surface area contributed by atoms with E-state index in [0.29, 0.717) is 22.7 Å². The summed E-state index contributed by atoms with van der Waals surface area (Å²) in [5.41, 5.74) is 0.757. The summed E-state index contributed by atoms with van der Waals surface area (Å²) in [7, 11) is 0. The molecule has 1 N–H and O–H groups in total. The highest BCUT2D eigenvalue weighted by molar-refractivity contribution is 4.91. The van der Waals surface area contributed by atoms with Crippen LogP contribution >= 0.6 is 0 Å². The van der Waals surface area contributed by atoms with E-state index in [4.69, 9.17) is 0 Å². The lowest BCUT2D eigenvalue weighted by atomic mass is 9.60. The molecule has 0 saturated heterocycles. The minimum absolute atomic E-state index is 0.0737. The van der Waals surface area contributed by atoms with Crippen molar-refractivity contribution in [1.29, 1.82) is 0 Å². The smallest absolute Gasteiger partial charge is 0.0546 e. The maximum atomic E-state index is 10.2. The molecule has 0 aromatic carbocycles. The van der Waals surface area contributed by atoms with Crippen molar-refractivity contribution in [2.24, 2.45) is 22.7 Å². The molecule has 1 nitrogen and oxygen atoms in total. The Morgan fingerprint density at radius 3 is 1.47 bits per heavy atom. The molecule has 0 aliphatic heterocycles. The van der Waals surface area contributed by atoms with Crippen molar-refractivity contribution in [2.75, 3.05) is 0 Å². The van der Waals surface area contributed by atoms with Gasteiger partial charge in [0.05, 0.1) is 6.10 Å². The first-order valence-corrected chi connectivity index (χ1v) is 7.41. The molecule has 102 valence electrons. The van der Waals surface area contributed by atoms with Crippen LogP contribution in [-0.2, 0) is 0 Å². The number of aliphatic hydroxyl groups excluding tert-OH is 1. The van der Waals surface area contributed by atoms with Gasteiger partial charge >= 0.3 is 0 Å². The molecule has 0 bridgehead atoms. The summed E-state index contributed by atoms with van der Waals surface area (Å²) in [6, 6.07) is 0. The van der Waals surface area contributed by atoms with Gasteiger partial charge in [-0.05, 0) is 41.9 Å². The van der Waals surface area contributed by atoms with Crippen LogP contribution in [0.3, 0.4) is 0 Å². The van der Waals surface area contributed by atoms with E-state index in [1.54, 1.807) is 0 Å². The van der Waals surface area contributed by atoms with Crippen molar-refractivity contribution in [3.63, 3.8) is 0 Å². The third kappa shape index (κ3) is 3.47. The standard InChI is InChI=1S/C16H32O/c1-7-15(3,4)12-9-13(11-14(17)10-12)16(5,6)8-2/h12-14,17H,7-11H2,1-6H3. The summed E-state index contributed by atoms with van der Waals surface area (Å²) in [6.07, 6.45) is 5.68. The average Bonchev–Trinajstić information content (AvgIpc) is 2.28. The van der Waals surface area contributed by atoms with Crippen LogP contribution in [0.5, 0.6) is 0 Å². The first-order valence-electron chi connectivity index (χ1n) is 7.41. The third-order valence-electron chi connectivity index (χ3n) is 5.72. The molecule has 0 aromatic heterocycles. The molecule has 1 heteroatoms. The molecule has 0 amide bonds. The Bertz CT molecular complexity index is 218. The highest BCUT2D eigenvalue weighted by Crippen LogP contribution is 2.48. The first kappa shape index (κ1) is 15.0. The highest BCUT2D eigenvalue weighted by atomic mass is 16.3. The van der Waals surface area contributed by atoms with Gasteiger partial charge in [0.1, 0.15) is 0 Å². The Morgan fingerprint density at radius 1 is 0.824 bits per heavy atom. The molecule has 1 fully saturated rings. The molecule has 0 radical (unpaired) electrons. The zero-order chi connectivity index (χ0) is 13.3. The van der Waals surface area contributed by atoms with Gasteiger partial charge in [-0.1, -0.05) is 54.4 Å². The summed E-state index contributed by atoms with van der Waals surface area (Å²) in [4.78, 5) is 0. The van der Waals surface area contributed by atoms with Gasteiger partial charge in [-0.3, -0.25) is 0 Å². The molecule has 1 rings (SSSR count). The van der Waals surface area contributed by atoms with Gasteiger partial charge in [0.15, 0.2) is 0 Å². The molecule has 1 saturated carbocycles. The van der Waals surface area contributed by atoms with Crippen molar-refractivity contribution in [1.82, 2.24) is 0 Å². The molecule has 1 aliphatic carbocycles. The lowest BCUT2D eigenvalue weighted by molar-refractivity contribution is -0.0148. The Balaban J connectivity index is 2.79. The van der Waals surface area contributed by atoms with E-state index in [1.807, 2.05) is 0 Å². The molecule has 0 heterocycles. The van der Waals surface area contributed by atoms with Gasteiger partial charge in [0.25, 0.3) is 0 Å². The average molecular weight is 240 g/mol. The van der Waals surface area contributed by atoms with E-state index in [-0.39, 0.29) is 6.10 Å². The van der Waals surface area contributed by atoms with Gasteiger partial charge in [-0.2, -0.15) is 0 Å². The second-order valence-corrected chi connectivity index (χ2v) is 7.44. The third-order valence-corrected chi connectivity index (χ3v) is 5.72. The number of hydrogen-bond donors (Lipinski definition) is 1. The second-order valence-electron chi connectivity index (χ2n) is 7.44. The molecular formula is C16H32O. The zero-order valence-corrected chi connectivity index (χ0v) is 12.7. The lowest BCUT2D eigenvalue weighted by Gasteiger charge is -2.46. The summed E-state index contributed by atoms with van der Waals surface area (Å²) in [5.74, 6) is 1.37. The summed E-state index contributed by atoms with van der Waals surface area (Å²) < 4.78 is 0. The minimum atomic E-state index is -0.0737. The maximum Gasteiger partial charge on any atom is 0.0546 e. The van der Waals surface area contributed by atoms with Crippen LogP contribution in [0, 0.1) is 22.7 Å². The van der Waals surface area contributed by atoms with Crippen LogP contribution in [0.25, 0.3) is 0 Å². The molecule has 2 atom stereocenters. The van der Waals surface area contributed by atoms with Crippen molar-refractivity contribution in [3.8, 4) is 0 Å². The van der Waals surface area contributed by atoms with Gasteiger partial charge in [0.2, 0.25) is 0 Å².